The highest BCUT2D eigenvalue weighted by Gasteiger charge is 2.42. The summed E-state index contributed by atoms with van der Waals surface area (Å²) in [5.41, 5.74) is 3.58. The van der Waals surface area contributed by atoms with Gasteiger partial charge in [-0.25, -0.2) is 10.1 Å². The number of nitrogens with two attached hydrogens (primary N) is 1. The summed E-state index contributed by atoms with van der Waals surface area (Å²) in [6.07, 6.45) is 2.83. The molecule has 0 amide bonds. The van der Waals surface area contributed by atoms with Crippen LogP contribution in [0.15, 0.2) is 36.4 Å². The van der Waals surface area contributed by atoms with Crippen molar-refractivity contribution in [3.8, 4) is 11.3 Å². The summed E-state index contributed by atoms with van der Waals surface area (Å²) in [7, 11) is -4.15. The summed E-state index contributed by atoms with van der Waals surface area (Å²) >= 11 is 6.26. The van der Waals surface area contributed by atoms with Crippen molar-refractivity contribution in [1.29, 1.82) is 0 Å². The van der Waals surface area contributed by atoms with Crippen LogP contribution in [0.1, 0.15) is 43.6 Å². The van der Waals surface area contributed by atoms with Crippen molar-refractivity contribution >= 4 is 33.4 Å². The molecule has 0 spiro atoms. The van der Waals surface area contributed by atoms with Crippen LogP contribution in [0.2, 0.25) is 5.15 Å². The molecular weight excluding hydrogens is 494 g/mol. The SMILES string of the molecule is NS(=O)(=O)OC[C@H]1C[C@@H](Nc2cc(Cl)nc3cc(-c4cccc(C5CCCC5)c4)nn23)[C@H](O)[C@@H]1O. The highest BCUT2D eigenvalue weighted by Crippen LogP contribution is 2.36. The van der Waals surface area contributed by atoms with Gasteiger partial charge in [0.1, 0.15) is 17.1 Å². The van der Waals surface area contributed by atoms with Crippen molar-refractivity contribution < 1.29 is 22.8 Å². The highest BCUT2D eigenvalue weighted by molar-refractivity contribution is 7.84. The average Bonchev–Trinajstić information content (AvgIpc) is 3.54. The number of halogens is 1. The van der Waals surface area contributed by atoms with E-state index < -0.39 is 34.5 Å². The van der Waals surface area contributed by atoms with E-state index in [1.54, 1.807) is 10.6 Å². The van der Waals surface area contributed by atoms with Gasteiger partial charge in [-0.05, 0) is 36.8 Å². The van der Waals surface area contributed by atoms with Gasteiger partial charge in [-0.1, -0.05) is 42.6 Å². The minimum absolute atomic E-state index is 0.244. The summed E-state index contributed by atoms with van der Waals surface area (Å²) in [5.74, 6) is 0.445. The molecule has 2 aliphatic carbocycles. The molecule has 2 heterocycles. The van der Waals surface area contributed by atoms with E-state index in [4.69, 9.17) is 21.8 Å². The van der Waals surface area contributed by atoms with Crippen molar-refractivity contribution in [3.05, 3.63) is 47.1 Å². The van der Waals surface area contributed by atoms with E-state index in [0.717, 1.165) is 11.3 Å². The molecule has 5 N–H and O–H groups in total. The number of anilines is 1. The first-order valence-corrected chi connectivity index (χ1v) is 13.5. The summed E-state index contributed by atoms with van der Waals surface area (Å²) < 4.78 is 28.4. The Morgan fingerprint density at radius 2 is 1.94 bits per heavy atom. The Bertz CT molecular complexity index is 1330. The molecule has 5 rings (SSSR count). The largest absolute Gasteiger partial charge is 0.390 e. The fourth-order valence-electron chi connectivity index (χ4n) is 5.20. The average molecular weight is 522 g/mol. The van der Waals surface area contributed by atoms with Crippen LogP contribution in [-0.2, 0) is 14.5 Å². The molecule has 2 aromatic heterocycles. The second-order valence-corrected chi connectivity index (χ2v) is 11.0. The number of hydrogen-bond donors (Lipinski definition) is 4. The normalized spacial score (nSPS) is 25.5. The Labute approximate surface area is 208 Å². The van der Waals surface area contributed by atoms with E-state index in [1.807, 2.05) is 18.2 Å². The lowest BCUT2D eigenvalue weighted by atomic mass is 9.95. The highest BCUT2D eigenvalue weighted by atomic mass is 35.5. The second kappa shape index (κ2) is 9.64. The quantitative estimate of drug-likeness (QED) is 0.346. The lowest BCUT2D eigenvalue weighted by molar-refractivity contribution is 0.00777. The first-order valence-electron chi connectivity index (χ1n) is 11.6. The fraction of sp³-hybridized carbons (Fsp3) is 0.478. The van der Waals surface area contributed by atoms with Crippen molar-refractivity contribution in [3.63, 3.8) is 0 Å². The van der Waals surface area contributed by atoms with Gasteiger partial charge in [0.25, 0.3) is 0 Å². The lowest BCUT2D eigenvalue weighted by Crippen LogP contribution is -2.36. The van der Waals surface area contributed by atoms with E-state index in [2.05, 4.69) is 26.6 Å². The molecule has 0 saturated heterocycles. The maximum Gasteiger partial charge on any atom is 0.333 e. The smallest absolute Gasteiger partial charge is 0.333 e. The lowest BCUT2D eigenvalue weighted by Gasteiger charge is -2.19. The van der Waals surface area contributed by atoms with Crippen LogP contribution in [0.25, 0.3) is 16.9 Å². The van der Waals surface area contributed by atoms with E-state index in [9.17, 15) is 18.6 Å². The molecule has 4 atom stereocenters. The molecule has 3 aromatic rings. The summed E-state index contributed by atoms with van der Waals surface area (Å²) in [5, 5.41) is 34.0. The van der Waals surface area contributed by atoms with E-state index in [-0.39, 0.29) is 18.2 Å². The summed E-state index contributed by atoms with van der Waals surface area (Å²) in [6.45, 7) is -0.328. The van der Waals surface area contributed by atoms with Gasteiger partial charge in [0, 0.05) is 23.6 Å². The number of rotatable bonds is 7. The summed E-state index contributed by atoms with van der Waals surface area (Å²) in [4.78, 5) is 4.38. The zero-order chi connectivity index (χ0) is 24.7. The van der Waals surface area contributed by atoms with E-state index >= 15 is 0 Å². The minimum Gasteiger partial charge on any atom is -0.390 e. The van der Waals surface area contributed by atoms with Crippen LogP contribution >= 0.6 is 11.6 Å². The van der Waals surface area contributed by atoms with Crippen molar-refractivity contribution in [2.75, 3.05) is 11.9 Å². The van der Waals surface area contributed by atoms with Gasteiger partial charge < -0.3 is 15.5 Å². The molecule has 0 radical (unpaired) electrons. The Kier molecular flexibility index (Phi) is 6.73. The molecule has 12 heteroatoms. The third-order valence-corrected chi connectivity index (χ3v) is 7.64. The molecule has 1 aromatic carbocycles. The molecule has 188 valence electrons. The van der Waals surface area contributed by atoms with Crippen LogP contribution in [0.3, 0.4) is 0 Å². The van der Waals surface area contributed by atoms with Crippen molar-refractivity contribution in [1.82, 2.24) is 14.6 Å². The zero-order valence-corrected chi connectivity index (χ0v) is 20.5. The van der Waals surface area contributed by atoms with E-state index in [1.165, 1.54) is 31.2 Å². The van der Waals surface area contributed by atoms with Gasteiger partial charge >= 0.3 is 10.3 Å². The van der Waals surface area contributed by atoms with Gasteiger partial charge in [0.05, 0.1) is 24.4 Å². The standard InChI is InChI=1S/C23H28ClN5O5S/c24-19-11-21(26-18-9-16(22(30)23(18)31)12-34-35(25,32)33)29-20(27-19)10-17(28-29)15-7-3-6-14(8-15)13-4-1-2-5-13/h3,6-8,10-11,13,16,18,22-23,26,30-31H,1-2,4-5,9,12H2,(H2,25,32,33)/t16-,18-,22-,23+/m1/s1. The number of fused-ring (bicyclic) bond motifs is 1. The number of aromatic nitrogens is 3. The maximum absolute atomic E-state index is 11.1. The Balaban J connectivity index is 1.40. The number of aliphatic hydroxyl groups excluding tert-OH is 2. The van der Waals surface area contributed by atoms with Gasteiger partial charge in [0.2, 0.25) is 0 Å². The van der Waals surface area contributed by atoms with Gasteiger partial charge in [0.15, 0.2) is 5.65 Å². The van der Waals surface area contributed by atoms with Crippen LogP contribution in [-0.4, -0.2) is 58.1 Å². The fourth-order valence-corrected chi connectivity index (χ4v) is 5.76. The molecule has 0 aliphatic heterocycles. The van der Waals surface area contributed by atoms with Crippen LogP contribution < -0.4 is 10.5 Å². The predicted molar refractivity (Wildman–Crippen MR) is 131 cm³/mol. The Morgan fingerprint density at radius 1 is 1.17 bits per heavy atom. The van der Waals surface area contributed by atoms with Gasteiger partial charge in [-0.15, -0.1) is 0 Å². The number of hydrogen-bond acceptors (Lipinski definition) is 8. The Hall–Kier alpha value is -2.28. The monoisotopic (exact) mass is 521 g/mol. The third-order valence-electron chi connectivity index (χ3n) is 6.99. The minimum atomic E-state index is -4.15. The molecule has 10 nitrogen and oxygen atoms in total. The number of benzene rings is 1. The predicted octanol–water partition coefficient (Wildman–Crippen LogP) is 2.45. The second-order valence-electron chi connectivity index (χ2n) is 9.38. The maximum atomic E-state index is 11.1. The summed E-state index contributed by atoms with van der Waals surface area (Å²) in [6, 6.07) is 11.3. The first-order chi connectivity index (χ1) is 16.7. The molecule has 2 saturated carbocycles. The number of aliphatic hydroxyl groups is 2. The topological polar surface area (TPSA) is 152 Å². The molecule has 35 heavy (non-hydrogen) atoms. The van der Waals surface area contributed by atoms with E-state index in [0.29, 0.717) is 17.4 Å². The van der Waals surface area contributed by atoms with Gasteiger partial charge in [-0.2, -0.15) is 18.0 Å². The van der Waals surface area contributed by atoms with Crippen LogP contribution in [0.4, 0.5) is 5.82 Å². The van der Waals surface area contributed by atoms with Gasteiger partial charge in [-0.3, -0.25) is 4.18 Å². The third kappa shape index (κ3) is 5.30. The van der Waals surface area contributed by atoms with Crippen molar-refractivity contribution in [2.45, 2.75) is 56.3 Å². The molecular formula is C23H28ClN5O5S. The zero-order valence-electron chi connectivity index (χ0n) is 18.9. The van der Waals surface area contributed by atoms with Crippen LogP contribution in [0.5, 0.6) is 0 Å². The molecule has 2 fully saturated rings. The molecule has 0 unspecified atom stereocenters. The van der Waals surface area contributed by atoms with Crippen molar-refractivity contribution in [2.24, 2.45) is 11.1 Å². The molecule has 0 bridgehead atoms. The van der Waals surface area contributed by atoms with Crippen LogP contribution in [0, 0.1) is 5.92 Å². The number of nitrogens with zero attached hydrogens (tertiary/aromatic N) is 3. The first kappa shape index (κ1) is 24.4. The molecule has 2 aliphatic rings. The number of nitrogens with one attached hydrogen (secondary N) is 1. The Morgan fingerprint density at radius 3 is 2.69 bits per heavy atom.